The number of oxazole rings is 1. The molecule has 18 heavy (non-hydrogen) atoms. The maximum Gasteiger partial charge on any atom is 0.411 e. The first-order valence-corrected chi connectivity index (χ1v) is 5.99. The van der Waals surface area contributed by atoms with Gasteiger partial charge in [-0.2, -0.15) is 0 Å². The van der Waals surface area contributed by atoms with Crippen molar-refractivity contribution in [2.45, 2.75) is 46.0 Å². The molecule has 1 aromatic heterocycles. The maximum absolute atomic E-state index is 11.9. The van der Waals surface area contributed by atoms with Gasteiger partial charge in [0.15, 0.2) is 0 Å². The number of carbonyl (C=O) groups excluding carboxylic acids is 1. The highest BCUT2D eigenvalue weighted by Crippen LogP contribution is 2.25. The van der Waals surface area contributed by atoms with Crippen LogP contribution in [-0.4, -0.2) is 28.6 Å². The van der Waals surface area contributed by atoms with Crippen molar-refractivity contribution in [2.24, 2.45) is 0 Å². The molecule has 1 aliphatic rings. The number of hydrogen-bond acceptors (Lipinski definition) is 5. The summed E-state index contributed by atoms with van der Waals surface area (Å²) in [4.78, 5) is 17.8. The van der Waals surface area contributed by atoms with Crippen molar-refractivity contribution in [1.29, 1.82) is 0 Å². The second kappa shape index (κ2) is 4.61. The molecule has 2 rings (SSSR count). The van der Waals surface area contributed by atoms with Crippen molar-refractivity contribution >= 4 is 6.09 Å². The highest BCUT2D eigenvalue weighted by atomic mass is 16.6. The summed E-state index contributed by atoms with van der Waals surface area (Å²) < 4.78 is 10.9. The summed E-state index contributed by atoms with van der Waals surface area (Å²) >= 11 is 0. The Labute approximate surface area is 106 Å². The molecular formula is C12H19N3O3. The predicted molar refractivity (Wildman–Crippen MR) is 64.7 cm³/mol. The van der Waals surface area contributed by atoms with Gasteiger partial charge in [0.25, 0.3) is 0 Å². The number of hydrogen-bond donors (Lipinski definition) is 1. The van der Waals surface area contributed by atoms with Crippen LogP contribution in [0.2, 0.25) is 0 Å². The first-order valence-electron chi connectivity index (χ1n) is 5.99. The average molecular weight is 253 g/mol. The van der Waals surface area contributed by atoms with E-state index in [1.807, 2.05) is 27.8 Å². The fourth-order valence-corrected chi connectivity index (χ4v) is 1.78. The zero-order valence-corrected chi connectivity index (χ0v) is 11.2. The lowest BCUT2D eigenvalue weighted by Gasteiger charge is -2.23. The summed E-state index contributed by atoms with van der Waals surface area (Å²) in [6, 6.07) is 0. The first-order chi connectivity index (χ1) is 8.39. The van der Waals surface area contributed by atoms with E-state index in [2.05, 4.69) is 10.3 Å². The molecule has 0 spiro atoms. The van der Waals surface area contributed by atoms with Gasteiger partial charge in [0.05, 0.1) is 19.6 Å². The molecule has 0 radical (unpaired) electrons. The fourth-order valence-electron chi connectivity index (χ4n) is 1.78. The van der Waals surface area contributed by atoms with E-state index in [1.165, 1.54) is 0 Å². The molecule has 100 valence electrons. The van der Waals surface area contributed by atoms with Crippen molar-refractivity contribution in [2.75, 3.05) is 7.05 Å². The summed E-state index contributed by atoms with van der Waals surface area (Å²) in [7, 11) is 1.84. The summed E-state index contributed by atoms with van der Waals surface area (Å²) in [5.74, 6) is 1.41. The number of fused-ring (bicyclic) bond motifs is 1. The zero-order valence-electron chi connectivity index (χ0n) is 11.2. The molecule has 1 N–H and O–H groups in total. The quantitative estimate of drug-likeness (QED) is 0.868. The van der Waals surface area contributed by atoms with Gasteiger partial charge in [-0.05, 0) is 27.8 Å². The van der Waals surface area contributed by atoms with Crippen LogP contribution < -0.4 is 5.32 Å². The fraction of sp³-hybridized carbons (Fsp3) is 0.667. The van der Waals surface area contributed by atoms with Crippen molar-refractivity contribution in [3.8, 4) is 0 Å². The van der Waals surface area contributed by atoms with Crippen LogP contribution in [-0.2, 0) is 24.4 Å². The van der Waals surface area contributed by atoms with Crippen LogP contribution >= 0.6 is 0 Å². The van der Waals surface area contributed by atoms with E-state index in [9.17, 15) is 4.79 Å². The van der Waals surface area contributed by atoms with E-state index < -0.39 is 5.60 Å². The third kappa shape index (κ3) is 2.81. The molecular weight excluding hydrogens is 234 g/mol. The van der Waals surface area contributed by atoms with Crippen molar-refractivity contribution in [1.82, 2.24) is 15.2 Å². The minimum absolute atomic E-state index is 0.328. The van der Waals surface area contributed by atoms with E-state index in [0.717, 1.165) is 11.5 Å². The molecule has 1 aliphatic heterocycles. The van der Waals surface area contributed by atoms with Crippen LogP contribution in [0, 0.1) is 0 Å². The third-order valence-electron chi connectivity index (χ3n) is 2.48. The molecule has 0 atom stereocenters. The van der Waals surface area contributed by atoms with E-state index in [4.69, 9.17) is 9.15 Å². The Morgan fingerprint density at radius 2 is 2.22 bits per heavy atom. The largest absolute Gasteiger partial charge is 0.444 e. The second-order valence-electron chi connectivity index (χ2n) is 5.34. The molecule has 6 nitrogen and oxygen atoms in total. The van der Waals surface area contributed by atoms with Crippen LogP contribution in [0.4, 0.5) is 4.79 Å². The highest BCUT2D eigenvalue weighted by molar-refractivity contribution is 5.68. The Morgan fingerprint density at radius 1 is 1.50 bits per heavy atom. The molecule has 0 saturated carbocycles. The zero-order chi connectivity index (χ0) is 13.3. The molecule has 1 amide bonds. The Kier molecular flexibility index (Phi) is 3.30. The number of carbonyl (C=O) groups is 1. The lowest BCUT2D eigenvalue weighted by molar-refractivity contribution is 0.0231. The van der Waals surface area contributed by atoms with Crippen LogP contribution in [0.1, 0.15) is 38.1 Å². The van der Waals surface area contributed by atoms with Crippen molar-refractivity contribution < 1.29 is 13.9 Å². The Morgan fingerprint density at radius 3 is 2.78 bits per heavy atom. The summed E-state index contributed by atoms with van der Waals surface area (Å²) in [6.07, 6.45) is -0.328. The second-order valence-corrected chi connectivity index (χ2v) is 5.34. The molecule has 2 heterocycles. The minimum atomic E-state index is -0.481. The lowest BCUT2D eigenvalue weighted by Crippen LogP contribution is -2.33. The summed E-state index contributed by atoms with van der Waals surface area (Å²) in [6.45, 7) is 7.03. The molecule has 0 unspecified atom stereocenters. The smallest absolute Gasteiger partial charge is 0.411 e. The van der Waals surface area contributed by atoms with Gasteiger partial charge in [-0.3, -0.25) is 4.90 Å². The van der Waals surface area contributed by atoms with Crippen LogP contribution in [0.5, 0.6) is 0 Å². The van der Waals surface area contributed by atoms with Crippen LogP contribution in [0.25, 0.3) is 0 Å². The van der Waals surface area contributed by atoms with Gasteiger partial charge >= 0.3 is 6.09 Å². The predicted octanol–water partition coefficient (Wildman–Crippen LogP) is 1.64. The van der Waals surface area contributed by atoms with Gasteiger partial charge < -0.3 is 14.5 Å². The highest BCUT2D eigenvalue weighted by Gasteiger charge is 2.31. The molecule has 0 saturated heterocycles. The third-order valence-corrected chi connectivity index (χ3v) is 2.48. The molecule has 1 aromatic rings. The van der Waals surface area contributed by atoms with E-state index in [0.29, 0.717) is 25.5 Å². The number of nitrogens with one attached hydrogen (secondary N) is 1. The van der Waals surface area contributed by atoms with Crippen molar-refractivity contribution in [3.63, 3.8) is 0 Å². The van der Waals surface area contributed by atoms with Gasteiger partial charge in [-0.25, -0.2) is 9.78 Å². The van der Waals surface area contributed by atoms with Gasteiger partial charge in [0.1, 0.15) is 17.1 Å². The van der Waals surface area contributed by atoms with Crippen LogP contribution in [0.15, 0.2) is 4.42 Å². The van der Waals surface area contributed by atoms with Gasteiger partial charge in [0, 0.05) is 0 Å². The number of amides is 1. The molecule has 0 fully saturated rings. The normalized spacial score (nSPS) is 14.8. The standard InChI is InChI=1S/C12H19N3O3/c1-12(2,3)18-11(16)15-6-8-9(7-15)17-10(14-8)5-13-4/h13H,5-7H2,1-4H3. The maximum atomic E-state index is 11.9. The SMILES string of the molecule is CNCc1nc2c(o1)CN(C(=O)OC(C)(C)C)C2. The van der Waals surface area contributed by atoms with Gasteiger partial charge in [-0.15, -0.1) is 0 Å². The number of nitrogens with zero attached hydrogens (tertiary/aromatic N) is 2. The van der Waals surface area contributed by atoms with E-state index in [1.54, 1.807) is 4.90 Å². The number of ether oxygens (including phenoxy) is 1. The summed E-state index contributed by atoms with van der Waals surface area (Å²) in [5, 5.41) is 2.98. The molecule has 0 aromatic carbocycles. The van der Waals surface area contributed by atoms with Gasteiger partial charge in [-0.1, -0.05) is 0 Å². The Bertz CT molecular complexity index is 424. The summed E-state index contributed by atoms with van der Waals surface area (Å²) in [5.41, 5.74) is 0.344. The number of rotatable bonds is 2. The van der Waals surface area contributed by atoms with E-state index >= 15 is 0 Å². The van der Waals surface area contributed by atoms with Gasteiger partial charge in [0.2, 0.25) is 5.89 Å². The topological polar surface area (TPSA) is 67.6 Å². The minimum Gasteiger partial charge on any atom is -0.444 e. The van der Waals surface area contributed by atoms with Crippen molar-refractivity contribution in [3.05, 3.63) is 17.3 Å². The monoisotopic (exact) mass is 253 g/mol. The average Bonchev–Trinajstić information content (AvgIpc) is 2.72. The molecule has 0 aliphatic carbocycles. The molecule has 0 bridgehead atoms. The Hall–Kier alpha value is -1.56. The molecule has 6 heteroatoms. The Balaban J connectivity index is 1.98. The lowest BCUT2D eigenvalue weighted by atomic mass is 10.2. The number of aromatic nitrogens is 1. The van der Waals surface area contributed by atoms with Crippen LogP contribution in [0.3, 0.4) is 0 Å². The van der Waals surface area contributed by atoms with E-state index in [-0.39, 0.29) is 6.09 Å². The first kappa shape index (κ1) is 12.9.